The van der Waals surface area contributed by atoms with E-state index in [1.807, 2.05) is 0 Å². The summed E-state index contributed by atoms with van der Waals surface area (Å²) < 4.78 is 27.8. The molecule has 3 N–H and O–H groups in total. The number of carbonyl (C=O) groups excluding carboxylic acids is 2. The molecule has 0 bridgehead atoms. The van der Waals surface area contributed by atoms with Crippen LogP contribution in [0.2, 0.25) is 0 Å². The summed E-state index contributed by atoms with van der Waals surface area (Å²) in [7, 11) is -3.71. The van der Waals surface area contributed by atoms with Crippen LogP contribution >= 0.6 is 23.2 Å². The number of halogens is 2. The van der Waals surface area contributed by atoms with Gasteiger partial charge in [-0.3, -0.25) is 9.59 Å². The fourth-order valence-corrected chi connectivity index (χ4v) is 4.92. The fraction of sp³-hybridized carbons (Fsp3) is 0.579. The normalized spacial score (nSPS) is 24.8. The van der Waals surface area contributed by atoms with Gasteiger partial charge in [-0.25, -0.2) is 13.1 Å². The van der Waals surface area contributed by atoms with Crippen molar-refractivity contribution in [3.63, 3.8) is 0 Å². The molecule has 0 aliphatic carbocycles. The molecule has 2 aliphatic rings. The van der Waals surface area contributed by atoms with Gasteiger partial charge >= 0.3 is 0 Å². The van der Waals surface area contributed by atoms with Crippen molar-refractivity contribution in [3.05, 3.63) is 29.7 Å². The second kappa shape index (κ2) is 10.9. The lowest BCUT2D eigenvalue weighted by Gasteiger charge is -2.44. The summed E-state index contributed by atoms with van der Waals surface area (Å²) in [5.74, 6) is -1.07. The molecule has 3 atom stereocenters. The second-order valence-corrected chi connectivity index (χ2v) is 10.3. The molecule has 2 fully saturated rings. The van der Waals surface area contributed by atoms with E-state index in [4.69, 9.17) is 23.2 Å². The molecule has 3 unspecified atom stereocenters. The summed E-state index contributed by atoms with van der Waals surface area (Å²) in [6.45, 7) is 1.09. The number of benzene rings is 1. The number of nitrogens with zero attached hydrogens (tertiary/aromatic N) is 2. The molecule has 0 spiro atoms. The van der Waals surface area contributed by atoms with Crippen LogP contribution < -0.4 is 15.4 Å². The number of carbonyl (C=O) groups is 2. The van der Waals surface area contributed by atoms with E-state index in [1.165, 1.54) is 18.2 Å². The maximum absolute atomic E-state index is 12.6. The highest BCUT2D eigenvalue weighted by molar-refractivity contribution is 7.89. The van der Waals surface area contributed by atoms with Crippen molar-refractivity contribution >= 4 is 50.7 Å². The molecule has 0 saturated carbocycles. The molecule has 0 aromatic heterocycles. The van der Waals surface area contributed by atoms with Crippen molar-refractivity contribution < 1.29 is 18.0 Å². The Bertz CT molecular complexity index is 895. The fourth-order valence-electron chi connectivity index (χ4n) is 3.46. The largest absolute Gasteiger partial charge is 0.564 e. The average Bonchev–Trinajstić information content (AvgIpc) is 2.75. The lowest BCUT2D eigenvalue weighted by atomic mass is 10.0. The summed E-state index contributed by atoms with van der Waals surface area (Å²) >= 11 is 11.8. The van der Waals surface area contributed by atoms with Crippen molar-refractivity contribution in [2.24, 2.45) is 0 Å². The summed E-state index contributed by atoms with van der Waals surface area (Å²) in [6.07, 6.45) is 4.07. The molecule has 1 aromatic rings. The van der Waals surface area contributed by atoms with Crippen LogP contribution in [-0.4, -0.2) is 68.2 Å². The first-order valence-corrected chi connectivity index (χ1v) is 12.5. The Hall–Kier alpha value is -1.43. The van der Waals surface area contributed by atoms with Crippen LogP contribution in [0.4, 0.5) is 5.69 Å². The molecule has 1 aromatic carbocycles. The zero-order valence-corrected chi connectivity index (χ0v) is 19.2. The van der Waals surface area contributed by atoms with Gasteiger partial charge in [-0.2, -0.15) is 0 Å². The van der Waals surface area contributed by atoms with Gasteiger partial charge in [-0.1, -0.05) is 12.5 Å². The van der Waals surface area contributed by atoms with Crippen LogP contribution in [0.3, 0.4) is 0 Å². The third kappa shape index (κ3) is 6.77. The number of piperidine rings is 1. The lowest BCUT2D eigenvalue weighted by Crippen LogP contribution is -2.47. The maximum atomic E-state index is 12.6. The monoisotopic (exact) mass is 490 g/mol. The molecule has 2 saturated heterocycles. The topological polar surface area (TPSA) is 122 Å². The van der Waals surface area contributed by atoms with Crippen LogP contribution in [0.1, 0.15) is 25.7 Å². The zero-order valence-electron chi connectivity index (χ0n) is 16.9. The smallest absolute Gasteiger partial charge is 0.242 e. The Kier molecular flexibility index (Phi) is 8.54. The zero-order chi connectivity index (χ0) is 22.4. The lowest BCUT2D eigenvalue weighted by molar-refractivity contribution is -0.133. The number of hydrogen-bond acceptors (Lipinski definition) is 5. The van der Waals surface area contributed by atoms with Gasteiger partial charge in [0.25, 0.3) is 0 Å². The molecule has 2 heterocycles. The van der Waals surface area contributed by atoms with Crippen molar-refractivity contribution in [1.29, 1.82) is 0 Å². The highest BCUT2D eigenvalue weighted by atomic mass is 35.5. The summed E-state index contributed by atoms with van der Waals surface area (Å²) in [4.78, 5) is 24.4. The summed E-state index contributed by atoms with van der Waals surface area (Å²) in [5.41, 5.74) is 4.24. The molecule has 2 amide bonds. The van der Waals surface area contributed by atoms with Crippen molar-refractivity contribution in [3.8, 4) is 0 Å². The van der Waals surface area contributed by atoms with E-state index in [2.05, 4.69) is 20.8 Å². The SMILES string of the molecule is O=C(CN1[N-]CC(Cl)C(Cl)C1=O)Nc1cccc(S(=O)(=O)NCCC2CCCCN2)c1. The molecule has 3 rings (SSSR count). The molecule has 2 aliphatic heterocycles. The van der Waals surface area contributed by atoms with Crippen LogP contribution in [-0.2, 0) is 19.6 Å². The highest BCUT2D eigenvalue weighted by Crippen LogP contribution is 2.23. The first-order valence-electron chi connectivity index (χ1n) is 10.2. The Balaban J connectivity index is 1.54. The van der Waals surface area contributed by atoms with Crippen LogP contribution in [0.25, 0.3) is 5.43 Å². The van der Waals surface area contributed by atoms with E-state index in [0.29, 0.717) is 24.7 Å². The predicted octanol–water partition coefficient (Wildman–Crippen LogP) is 1.78. The Morgan fingerprint density at radius 2 is 2.10 bits per heavy atom. The number of hydrogen-bond donors (Lipinski definition) is 3. The van der Waals surface area contributed by atoms with Crippen molar-refractivity contribution in [2.45, 2.75) is 47.4 Å². The first kappa shape index (κ1) is 24.2. The molecule has 12 heteroatoms. The van der Waals surface area contributed by atoms with Gasteiger partial charge in [0, 0.05) is 23.7 Å². The first-order chi connectivity index (χ1) is 14.8. The Morgan fingerprint density at radius 3 is 2.84 bits per heavy atom. The molecule has 172 valence electrons. The maximum Gasteiger partial charge on any atom is 0.242 e. The van der Waals surface area contributed by atoms with E-state index in [0.717, 1.165) is 30.8 Å². The van der Waals surface area contributed by atoms with E-state index in [-0.39, 0.29) is 18.0 Å². The van der Waals surface area contributed by atoms with Gasteiger partial charge in [-0.05, 0) is 44.0 Å². The molecular weight excluding hydrogens is 465 g/mol. The van der Waals surface area contributed by atoms with E-state index in [9.17, 15) is 18.0 Å². The van der Waals surface area contributed by atoms with Gasteiger partial charge in [-0.15, -0.1) is 29.7 Å². The number of nitrogens with one attached hydrogen (secondary N) is 3. The van der Waals surface area contributed by atoms with Gasteiger partial charge < -0.3 is 21.1 Å². The van der Waals surface area contributed by atoms with Crippen LogP contribution in [0.15, 0.2) is 29.2 Å². The standard InChI is InChI=1S/C19H26Cl2N5O4S/c20-16-11-23-26(19(28)18(16)21)12-17(27)25-14-5-3-6-15(10-14)31(29,30)24-9-7-13-4-1-2-8-22-13/h3,5-6,10,13,16,18,22,24H,1-2,4,7-9,11-12H2,(H,25,27)/q-1. The quantitative estimate of drug-likeness (QED) is 0.479. The number of amides is 2. The minimum Gasteiger partial charge on any atom is -0.564 e. The molecule has 31 heavy (non-hydrogen) atoms. The van der Waals surface area contributed by atoms with Gasteiger partial charge in [0.15, 0.2) is 0 Å². The number of sulfonamides is 1. The van der Waals surface area contributed by atoms with Crippen LogP contribution in [0.5, 0.6) is 0 Å². The molecule has 9 nitrogen and oxygen atoms in total. The number of anilines is 1. The van der Waals surface area contributed by atoms with Crippen molar-refractivity contribution in [1.82, 2.24) is 15.0 Å². The highest BCUT2D eigenvalue weighted by Gasteiger charge is 2.28. The minimum atomic E-state index is -3.71. The van der Waals surface area contributed by atoms with Gasteiger partial charge in [0.05, 0.1) is 11.4 Å². The summed E-state index contributed by atoms with van der Waals surface area (Å²) in [5, 5.41) is 5.39. The minimum absolute atomic E-state index is 0.0476. The summed E-state index contributed by atoms with van der Waals surface area (Å²) in [6, 6.07) is 6.26. The molecular formula is C19H26Cl2N5O4S-. The Labute approximate surface area is 192 Å². The van der Waals surface area contributed by atoms with Crippen LogP contribution in [0, 0.1) is 0 Å². The predicted molar refractivity (Wildman–Crippen MR) is 120 cm³/mol. The van der Waals surface area contributed by atoms with Gasteiger partial charge in [0.1, 0.15) is 5.38 Å². The number of rotatable bonds is 8. The van der Waals surface area contributed by atoms with Crippen molar-refractivity contribution in [2.75, 3.05) is 31.5 Å². The molecule has 0 radical (unpaired) electrons. The van der Waals surface area contributed by atoms with E-state index < -0.39 is 32.6 Å². The number of alkyl halides is 2. The van der Waals surface area contributed by atoms with E-state index in [1.54, 1.807) is 6.07 Å². The third-order valence-electron chi connectivity index (χ3n) is 5.15. The van der Waals surface area contributed by atoms with E-state index >= 15 is 0 Å². The second-order valence-electron chi connectivity index (χ2n) is 7.55. The van der Waals surface area contributed by atoms with Gasteiger partial charge in [0.2, 0.25) is 21.8 Å². The Morgan fingerprint density at radius 1 is 1.29 bits per heavy atom. The average molecular weight is 491 g/mol. The third-order valence-corrected chi connectivity index (χ3v) is 7.62.